The molecule has 0 aromatic carbocycles. The number of carboxylic acids is 1. The van der Waals surface area contributed by atoms with Gasteiger partial charge in [-0.25, -0.2) is 4.79 Å². The number of carboxylic acid groups (broad SMARTS) is 1. The molecule has 11 atom stereocenters. The van der Waals surface area contributed by atoms with Gasteiger partial charge in [0.15, 0.2) is 0 Å². The molecule has 7 heteroatoms. The Kier molecular flexibility index (Phi) is 7.60. The summed E-state index contributed by atoms with van der Waals surface area (Å²) in [5, 5.41) is 33.3. The highest BCUT2D eigenvalue weighted by molar-refractivity contribution is 5.89. The Morgan fingerprint density at radius 1 is 1.00 bits per heavy atom. The lowest BCUT2D eigenvalue weighted by Crippen LogP contribution is -2.62. The SMILES string of the molecule is CC(=O)O[C@H]1C[C@@]2(C)C(C[C@@H](O)[C@@H]3C2CC[C@H]2[C@H](CN)[C@H](O)CC[C@@]23C)/C1=C(/C(=O)O)C1CCC(=C(C)C)C1. The minimum atomic E-state index is -0.911. The van der Waals surface area contributed by atoms with Gasteiger partial charge >= 0.3 is 11.9 Å². The van der Waals surface area contributed by atoms with Crippen molar-refractivity contribution in [2.45, 2.75) is 111 Å². The zero-order chi connectivity index (χ0) is 28.4. The first-order valence-electron chi connectivity index (χ1n) is 15.2. The molecule has 218 valence electrons. The van der Waals surface area contributed by atoms with Crippen LogP contribution in [0.2, 0.25) is 0 Å². The van der Waals surface area contributed by atoms with Gasteiger partial charge in [0.05, 0.1) is 12.2 Å². The van der Waals surface area contributed by atoms with Gasteiger partial charge in [-0.2, -0.15) is 0 Å². The minimum Gasteiger partial charge on any atom is -0.478 e. The lowest BCUT2D eigenvalue weighted by molar-refractivity contribution is -0.192. The molecule has 0 bridgehead atoms. The molecule has 0 amide bonds. The van der Waals surface area contributed by atoms with E-state index in [0.29, 0.717) is 31.4 Å². The molecular formula is C32H49NO6. The Labute approximate surface area is 233 Å². The van der Waals surface area contributed by atoms with Crippen molar-refractivity contribution >= 4 is 11.9 Å². The van der Waals surface area contributed by atoms with Gasteiger partial charge < -0.3 is 25.8 Å². The van der Waals surface area contributed by atoms with Crippen LogP contribution < -0.4 is 5.73 Å². The Balaban J connectivity index is 1.58. The average Bonchev–Trinajstić information content (AvgIpc) is 3.43. The van der Waals surface area contributed by atoms with E-state index >= 15 is 0 Å². The molecule has 5 fully saturated rings. The second-order valence-corrected chi connectivity index (χ2v) is 14.2. The Bertz CT molecular complexity index is 1080. The van der Waals surface area contributed by atoms with Crippen molar-refractivity contribution in [3.8, 4) is 0 Å². The van der Waals surface area contributed by atoms with Gasteiger partial charge in [0.25, 0.3) is 0 Å². The second kappa shape index (κ2) is 10.3. The lowest BCUT2D eigenvalue weighted by atomic mass is 9.41. The van der Waals surface area contributed by atoms with Crippen LogP contribution in [0.15, 0.2) is 22.3 Å². The average molecular weight is 544 g/mol. The molecule has 39 heavy (non-hydrogen) atoms. The maximum Gasteiger partial charge on any atom is 0.331 e. The van der Waals surface area contributed by atoms with Crippen LogP contribution in [0, 0.1) is 46.3 Å². The van der Waals surface area contributed by atoms with E-state index in [4.69, 9.17) is 10.5 Å². The highest BCUT2D eigenvalue weighted by Crippen LogP contribution is 2.69. The van der Waals surface area contributed by atoms with Crippen molar-refractivity contribution in [1.29, 1.82) is 0 Å². The van der Waals surface area contributed by atoms with E-state index in [2.05, 4.69) is 27.7 Å². The first-order valence-corrected chi connectivity index (χ1v) is 15.2. The van der Waals surface area contributed by atoms with Crippen molar-refractivity contribution in [2.24, 2.45) is 52.1 Å². The van der Waals surface area contributed by atoms with E-state index in [-0.39, 0.29) is 52.3 Å². The van der Waals surface area contributed by atoms with E-state index in [1.165, 1.54) is 18.1 Å². The van der Waals surface area contributed by atoms with Crippen LogP contribution >= 0.6 is 0 Å². The van der Waals surface area contributed by atoms with Gasteiger partial charge in [-0.05, 0) is 124 Å². The molecule has 0 aliphatic heterocycles. The van der Waals surface area contributed by atoms with Crippen molar-refractivity contribution in [3.05, 3.63) is 22.3 Å². The molecule has 0 aromatic rings. The second-order valence-electron chi connectivity index (χ2n) is 14.2. The van der Waals surface area contributed by atoms with Gasteiger partial charge in [0, 0.05) is 18.4 Å². The molecule has 5 saturated carbocycles. The number of rotatable bonds is 4. The number of carbonyl (C=O) groups is 2. The molecule has 0 radical (unpaired) electrons. The molecule has 3 unspecified atom stereocenters. The van der Waals surface area contributed by atoms with Gasteiger partial charge in [-0.3, -0.25) is 4.79 Å². The third kappa shape index (κ3) is 4.51. The summed E-state index contributed by atoms with van der Waals surface area (Å²) >= 11 is 0. The van der Waals surface area contributed by atoms with E-state index in [1.807, 2.05) is 0 Å². The van der Waals surface area contributed by atoms with Gasteiger partial charge in [-0.15, -0.1) is 0 Å². The number of aliphatic hydroxyl groups is 2. The Hall–Kier alpha value is -1.70. The van der Waals surface area contributed by atoms with Crippen LogP contribution in [0.1, 0.15) is 92.4 Å². The molecule has 5 aliphatic rings. The van der Waals surface area contributed by atoms with Gasteiger partial charge in [0.1, 0.15) is 6.10 Å². The predicted octanol–water partition coefficient (Wildman–Crippen LogP) is 4.60. The zero-order valence-electron chi connectivity index (χ0n) is 24.4. The number of fused-ring (bicyclic) bond motifs is 5. The number of allylic oxidation sites excluding steroid dienone is 2. The summed E-state index contributed by atoms with van der Waals surface area (Å²) in [7, 11) is 0. The lowest BCUT2D eigenvalue weighted by Gasteiger charge is -2.64. The van der Waals surface area contributed by atoms with Crippen LogP contribution in [0.5, 0.6) is 0 Å². The summed E-state index contributed by atoms with van der Waals surface area (Å²) in [6.45, 7) is 10.6. The largest absolute Gasteiger partial charge is 0.478 e. The monoisotopic (exact) mass is 543 g/mol. The molecule has 5 N–H and O–H groups in total. The maximum atomic E-state index is 13.0. The number of ether oxygens (including phenoxy) is 1. The topological polar surface area (TPSA) is 130 Å². The number of nitrogens with two attached hydrogens (primary N) is 1. The third-order valence-corrected chi connectivity index (χ3v) is 12.2. The fourth-order valence-corrected chi connectivity index (χ4v) is 10.5. The fourth-order valence-electron chi connectivity index (χ4n) is 10.5. The molecule has 0 heterocycles. The van der Waals surface area contributed by atoms with E-state index in [0.717, 1.165) is 44.1 Å². The van der Waals surface area contributed by atoms with Gasteiger partial charge in [-0.1, -0.05) is 25.0 Å². The van der Waals surface area contributed by atoms with Crippen LogP contribution in [-0.4, -0.2) is 52.1 Å². The normalized spacial score (nSPS) is 46.7. The standard InChI is InChI=1S/C32H49NO6/c1-16(2)18-6-7-19(12-18)27(30(37)38)28-23-13-25(36)29-22(32(23,5)14-26(28)39-17(3)34)9-8-21-20(15-33)24(35)10-11-31(21,29)4/h19-26,29,35-36H,6-15,33H2,1-5H3,(H,37,38)/b28-27-/t19?,20-,21-,22?,23?,24+,25+,26-,29-,31-,32+/m0/s1. The van der Waals surface area contributed by atoms with Crippen LogP contribution in [-0.2, 0) is 14.3 Å². The zero-order valence-corrected chi connectivity index (χ0v) is 24.4. The Morgan fingerprint density at radius 2 is 1.69 bits per heavy atom. The summed E-state index contributed by atoms with van der Waals surface area (Å²) in [6.07, 6.45) is 5.39. The predicted molar refractivity (Wildman–Crippen MR) is 148 cm³/mol. The molecule has 0 spiro atoms. The van der Waals surface area contributed by atoms with Crippen molar-refractivity contribution in [3.63, 3.8) is 0 Å². The number of aliphatic hydroxyl groups excluding tert-OH is 2. The number of carbonyl (C=O) groups excluding carboxylic acids is 1. The number of hydrogen-bond acceptors (Lipinski definition) is 6. The summed E-state index contributed by atoms with van der Waals surface area (Å²) in [4.78, 5) is 25.3. The van der Waals surface area contributed by atoms with E-state index < -0.39 is 24.3 Å². The Morgan fingerprint density at radius 3 is 2.28 bits per heavy atom. The molecule has 5 rings (SSSR count). The molecule has 7 nitrogen and oxygen atoms in total. The quantitative estimate of drug-likeness (QED) is 0.231. The summed E-state index contributed by atoms with van der Waals surface area (Å²) in [6, 6.07) is 0. The van der Waals surface area contributed by atoms with E-state index in [1.54, 1.807) is 0 Å². The molecule has 0 saturated heterocycles. The van der Waals surface area contributed by atoms with Crippen molar-refractivity contribution in [2.75, 3.05) is 6.54 Å². The first-order chi connectivity index (χ1) is 18.3. The molecular weight excluding hydrogens is 494 g/mol. The van der Waals surface area contributed by atoms with Crippen molar-refractivity contribution < 1.29 is 29.6 Å². The number of aliphatic carboxylic acids is 1. The van der Waals surface area contributed by atoms with Crippen molar-refractivity contribution in [1.82, 2.24) is 0 Å². The highest BCUT2D eigenvalue weighted by Gasteiger charge is 2.66. The summed E-state index contributed by atoms with van der Waals surface area (Å²) in [5.41, 5.74) is 9.54. The van der Waals surface area contributed by atoms with Crippen LogP contribution in [0.25, 0.3) is 0 Å². The van der Waals surface area contributed by atoms with Crippen LogP contribution in [0.4, 0.5) is 0 Å². The van der Waals surface area contributed by atoms with E-state index in [9.17, 15) is 24.9 Å². The molecule has 5 aliphatic carbocycles. The maximum absolute atomic E-state index is 13.0. The number of hydrogen-bond donors (Lipinski definition) is 4. The third-order valence-electron chi connectivity index (χ3n) is 12.2. The first kappa shape index (κ1) is 28.8. The minimum absolute atomic E-state index is 0.0421. The van der Waals surface area contributed by atoms with Crippen LogP contribution in [0.3, 0.4) is 0 Å². The summed E-state index contributed by atoms with van der Waals surface area (Å²) < 4.78 is 5.94. The molecule has 0 aromatic heterocycles. The fraction of sp³-hybridized carbons (Fsp3) is 0.812. The number of esters is 1. The summed E-state index contributed by atoms with van der Waals surface area (Å²) in [5.74, 6) is -1.00. The highest BCUT2D eigenvalue weighted by atomic mass is 16.5. The smallest absolute Gasteiger partial charge is 0.331 e. The van der Waals surface area contributed by atoms with Gasteiger partial charge in [0.2, 0.25) is 0 Å².